The second-order valence-electron chi connectivity index (χ2n) is 3.35. The van der Waals surface area contributed by atoms with Gasteiger partial charge in [-0.15, -0.1) is 4.33 Å². The van der Waals surface area contributed by atoms with E-state index < -0.39 is 30.5 Å². The summed E-state index contributed by atoms with van der Waals surface area (Å²) in [6.45, 7) is 3.27. The van der Waals surface area contributed by atoms with Crippen molar-refractivity contribution in [2.45, 2.75) is 38.4 Å². The molecule has 0 radical (unpaired) electrons. The molecule has 0 bridgehead atoms. The highest BCUT2D eigenvalue weighted by Gasteiger charge is 2.41. The van der Waals surface area contributed by atoms with E-state index in [-0.39, 0.29) is 0 Å². The predicted molar refractivity (Wildman–Crippen MR) is 49.0 cm³/mol. The topological polar surface area (TPSA) is 97.6 Å². The molecule has 0 aromatic rings. The Kier molecular flexibility index (Phi) is 5.23. The first-order valence-corrected chi connectivity index (χ1v) is 5.06. The smallest absolute Gasteiger partial charge is 0.198 e. The number of rotatable bonds is 4. The van der Waals surface area contributed by atoms with E-state index in [9.17, 15) is 10.2 Å². The van der Waals surface area contributed by atoms with Crippen LogP contribution in [0.5, 0.6) is 0 Å². The minimum atomic E-state index is -1.02. The monoisotopic (exact) mass is 242 g/mol. The molecule has 0 aliphatic carbocycles. The molecule has 1 rings (SSSR count). The van der Waals surface area contributed by atoms with Crippen molar-refractivity contribution in [3.05, 3.63) is 0 Å². The molecule has 15 heavy (non-hydrogen) atoms. The Morgan fingerprint density at radius 3 is 2.53 bits per heavy atom. The van der Waals surface area contributed by atoms with Gasteiger partial charge in [0.25, 0.3) is 0 Å². The summed E-state index contributed by atoms with van der Waals surface area (Å²) in [7, 11) is 0. The van der Waals surface area contributed by atoms with E-state index in [1.807, 2.05) is 0 Å². The van der Waals surface area contributed by atoms with Crippen LogP contribution in [-0.2, 0) is 18.3 Å². The molecule has 1 aliphatic rings. The van der Waals surface area contributed by atoms with Gasteiger partial charge in [0.15, 0.2) is 18.6 Å². The van der Waals surface area contributed by atoms with Gasteiger partial charge in [0.1, 0.15) is 6.10 Å². The molecule has 0 aromatic heterocycles. The van der Waals surface area contributed by atoms with Crippen LogP contribution in [0.4, 0.5) is 0 Å². The van der Waals surface area contributed by atoms with Gasteiger partial charge < -0.3 is 14.9 Å². The van der Waals surface area contributed by atoms with Crippen LogP contribution in [0.2, 0.25) is 0 Å². The standard InChI is InChI=1S/C7H14O7S/c1-3-5(8)6(12-15-14-13-10)4(2)11-7(3)9/h3-10H,1-2H3/t3?,4?,5-,6-,7?/m1/s1. The minimum Gasteiger partial charge on any atom is -0.390 e. The van der Waals surface area contributed by atoms with E-state index in [4.69, 9.17) is 14.2 Å². The Balaban J connectivity index is 2.46. The summed E-state index contributed by atoms with van der Waals surface area (Å²) in [6.07, 6.45) is -3.09. The van der Waals surface area contributed by atoms with Gasteiger partial charge in [-0.3, -0.25) is 4.18 Å². The van der Waals surface area contributed by atoms with Crippen molar-refractivity contribution in [1.82, 2.24) is 0 Å². The number of ether oxygens (including phenoxy) is 1. The molecule has 1 heterocycles. The largest absolute Gasteiger partial charge is 0.390 e. The second-order valence-corrected chi connectivity index (χ2v) is 3.82. The lowest BCUT2D eigenvalue weighted by molar-refractivity contribution is -0.435. The number of aliphatic hydroxyl groups excluding tert-OH is 2. The lowest BCUT2D eigenvalue weighted by Crippen LogP contribution is -2.52. The van der Waals surface area contributed by atoms with Crippen molar-refractivity contribution in [3.8, 4) is 0 Å². The molecule has 3 unspecified atom stereocenters. The van der Waals surface area contributed by atoms with Crippen LogP contribution in [0.3, 0.4) is 0 Å². The summed E-state index contributed by atoms with van der Waals surface area (Å²) >= 11 is 0.377. The first-order valence-electron chi connectivity index (χ1n) is 4.39. The summed E-state index contributed by atoms with van der Waals surface area (Å²) in [4.78, 5) is 0. The summed E-state index contributed by atoms with van der Waals surface area (Å²) in [5, 5.41) is 30.3. The molecule has 8 heteroatoms. The molecule has 5 atom stereocenters. The lowest BCUT2D eigenvalue weighted by atomic mass is 9.93. The molecule has 7 nitrogen and oxygen atoms in total. The minimum absolute atomic E-state index is 0.377. The van der Waals surface area contributed by atoms with Gasteiger partial charge in [-0.25, -0.2) is 5.26 Å². The van der Waals surface area contributed by atoms with Gasteiger partial charge >= 0.3 is 0 Å². The molecule has 1 saturated heterocycles. The quantitative estimate of drug-likeness (QED) is 0.276. The van der Waals surface area contributed by atoms with Crippen molar-refractivity contribution in [1.29, 1.82) is 0 Å². The van der Waals surface area contributed by atoms with Crippen molar-refractivity contribution in [3.63, 3.8) is 0 Å². The molecule has 1 fully saturated rings. The molecular weight excluding hydrogens is 228 g/mol. The van der Waals surface area contributed by atoms with Crippen molar-refractivity contribution >= 4 is 12.3 Å². The highest BCUT2D eigenvalue weighted by molar-refractivity contribution is 7.89. The fourth-order valence-corrected chi connectivity index (χ4v) is 1.79. The maximum absolute atomic E-state index is 9.74. The third-order valence-electron chi connectivity index (χ3n) is 2.35. The maximum atomic E-state index is 9.74. The van der Waals surface area contributed by atoms with E-state index in [1.54, 1.807) is 13.8 Å². The van der Waals surface area contributed by atoms with Crippen molar-refractivity contribution in [2.24, 2.45) is 5.92 Å². The number of hydrogen-bond donors (Lipinski definition) is 3. The van der Waals surface area contributed by atoms with E-state index in [1.165, 1.54) is 0 Å². The normalized spacial score (nSPS) is 41.8. The summed E-state index contributed by atoms with van der Waals surface area (Å²) in [5.41, 5.74) is 0. The van der Waals surface area contributed by atoms with Gasteiger partial charge in [-0.05, 0) is 6.92 Å². The fraction of sp³-hybridized carbons (Fsp3) is 1.00. The van der Waals surface area contributed by atoms with Gasteiger partial charge in [-0.2, -0.15) is 0 Å². The molecule has 90 valence electrons. The first kappa shape index (κ1) is 13.1. The number of hydrogen-bond acceptors (Lipinski definition) is 8. The average molecular weight is 242 g/mol. The van der Waals surface area contributed by atoms with Crippen LogP contribution in [0.15, 0.2) is 0 Å². The summed E-state index contributed by atoms with van der Waals surface area (Å²) in [5.74, 6) is -0.471. The first-order chi connectivity index (χ1) is 7.07. The molecule has 0 aromatic carbocycles. The third-order valence-corrected chi connectivity index (χ3v) is 2.77. The Bertz CT molecular complexity index is 192. The fourth-order valence-electron chi connectivity index (χ4n) is 1.38. The molecule has 0 saturated carbocycles. The third kappa shape index (κ3) is 3.26. The zero-order valence-corrected chi connectivity index (χ0v) is 9.09. The van der Waals surface area contributed by atoms with Crippen LogP contribution in [-0.4, -0.2) is 40.1 Å². The van der Waals surface area contributed by atoms with Crippen LogP contribution in [0.1, 0.15) is 13.8 Å². The molecule has 0 amide bonds. The van der Waals surface area contributed by atoms with E-state index >= 15 is 0 Å². The Labute approximate surface area is 91.2 Å². The lowest BCUT2D eigenvalue weighted by Gasteiger charge is -2.39. The van der Waals surface area contributed by atoms with E-state index in [2.05, 4.69) is 9.37 Å². The summed E-state index contributed by atoms with van der Waals surface area (Å²) in [6, 6.07) is 0. The maximum Gasteiger partial charge on any atom is 0.198 e. The van der Waals surface area contributed by atoms with E-state index in [0.717, 1.165) is 0 Å². The van der Waals surface area contributed by atoms with Crippen LogP contribution < -0.4 is 0 Å². The zero-order chi connectivity index (χ0) is 11.4. The average Bonchev–Trinajstić information content (AvgIpc) is 2.20. The van der Waals surface area contributed by atoms with Crippen LogP contribution in [0, 0.1) is 5.92 Å². The van der Waals surface area contributed by atoms with Crippen LogP contribution in [0.25, 0.3) is 0 Å². The highest BCUT2D eigenvalue weighted by Crippen LogP contribution is 2.28. The van der Waals surface area contributed by atoms with Crippen LogP contribution >= 0.6 is 12.3 Å². The van der Waals surface area contributed by atoms with Gasteiger partial charge in [0.2, 0.25) is 0 Å². The Hall–Kier alpha value is 0.0700. The highest BCUT2D eigenvalue weighted by atomic mass is 32.2. The SMILES string of the molecule is CC1C(O)OC(C)[C@@H](OSOOO)[C@@H]1O. The molecule has 0 spiro atoms. The molecule has 1 aliphatic heterocycles. The zero-order valence-electron chi connectivity index (χ0n) is 8.27. The van der Waals surface area contributed by atoms with Gasteiger partial charge in [0, 0.05) is 5.92 Å². The molecular formula is C7H14O7S. The summed E-state index contributed by atoms with van der Waals surface area (Å²) < 4.78 is 14.1. The molecule has 3 N–H and O–H groups in total. The van der Waals surface area contributed by atoms with Crippen molar-refractivity contribution in [2.75, 3.05) is 0 Å². The van der Waals surface area contributed by atoms with E-state index in [0.29, 0.717) is 12.3 Å². The van der Waals surface area contributed by atoms with Gasteiger partial charge in [-0.1, -0.05) is 12.0 Å². The predicted octanol–water partition coefficient (Wildman–Crippen LogP) is 0.0901. The van der Waals surface area contributed by atoms with Crippen molar-refractivity contribution < 1.29 is 33.8 Å². The Morgan fingerprint density at radius 2 is 1.93 bits per heavy atom. The second kappa shape index (κ2) is 5.97. The number of aliphatic hydroxyl groups is 2. The van der Waals surface area contributed by atoms with Gasteiger partial charge in [0.05, 0.1) is 12.2 Å². The Morgan fingerprint density at radius 1 is 1.27 bits per heavy atom.